The summed E-state index contributed by atoms with van der Waals surface area (Å²) in [5.41, 5.74) is 0.734. The van der Waals surface area contributed by atoms with E-state index in [9.17, 15) is 13.5 Å². The largest absolute Gasteiger partial charge is 0.395 e. The number of hydrogen-bond acceptors (Lipinski definition) is 3. The molecule has 1 saturated heterocycles. The van der Waals surface area contributed by atoms with Gasteiger partial charge in [0.2, 0.25) is 10.0 Å². The van der Waals surface area contributed by atoms with Crippen LogP contribution in [0.5, 0.6) is 0 Å². The number of hydrogen-bond donors (Lipinski definition) is 1. The smallest absolute Gasteiger partial charge is 0.244 e. The van der Waals surface area contributed by atoms with E-state index in [0.717, 1.165) is 37.7 Å². The highest BCUT2D eigenvalue weighted by atomic mass is 32.2. The van der Waals surface area contributed by atoms with Gasteiger partial charge in [-0.15, -0.1) is 0 Å². The molecule has 1 aromatic rings. The van der Waals surface area contributed by atoms with E-state index in [1.165, 1.54) is 0 Å². The Morgan fingerprint density at radius 1 is 1.20 bits per heavy atom. The summed E-state index contributed by atoms with van der Waals surface area (Å²) in [4.78, 5) is 0.337. The highest BCUT2D eigenvalue weighted by Gasteiger charge is 2.67. The van der Waals surface area contributed by atoms with Crippen LogP contribution in [0.25, 0.3) is 0 Å². The molecule has 1 unspecified atom stereocenters. The molecule has 0 aromatic heterocycles. The number of aryl methyl sites for hydroxylation is 1. The van der Waals surface area contributed by atoms with Crippen molar-refractivity contribution in [2.24, 2.45) is 0 Å². The van der Waals surface area contributed by atoms with Gasteiger partial charge in [0.25, 0.3) is 0 Å². The van der Waals surface area contributed by atoms with Crippen LogP contribution in [0.15, 0.2) is 29.2 Å². The summed E-state index contributed by atoms with van der Waals surface area (Å²) in [6.07, 6.45) is 5.03. The van der Waals surface area contributed by atoms with Gasteiger partial charge >= 0.3 is 0 Å². The number of aliphatic hydroxyl groups excluding tert-OH is 1. The van der Waals surface area contributed by atoms with Crippen molar-refractivity contribution < 1.29 is 13.5 Å². The van der Waals surface area contributed by atoms with Crippen LogP contribution in [-0.4, -0.2) is 36.0 Å². The van der Waals surface area contributed by atoms with Crippen LogP contribution in [-0.2, 0) is 10.0 Å². The van der Waals surface area contributed by atoms with Gasteiger partial charge in [0, 0.05) is 0 Å². The molecule has 0 amide bonds. The van der Waals surface area contributed by atoms with Gasteiger partial charge in [-0.2, -0.15) is 4.31 Å². The summed E-state index contributed by atoms with van der Waals surface area (Å²) in [5.74, 6) is 0. The topological polar surface area (TPSA) is 57.4 Å². The Labute approximate surface area is 120 Å². The Morgan fingerprint density at radius 3 is 2.35 bits per heavy atom. The minimum Gasteiger partial charge on any atom is -0.395 e. The van der Waals surface area contributed by atoms with Crippen molar-refractivity contribution in [3.05, 3.63) is 29.8 Å². The standard InChI is InChI=1S/C15H21NO3S/c1-12-5-7-13(8-6-12)20(18,19)16-14(11-17)15(16)9-3-2-4-10-15/h5-8,14,17H,2-4,9-11H2,1H3/t14-,16?/m1/s1. The van der Waals surface area contributed by atoms with Gasteiger partial charge in [-0.3, -0.25) is 0 Å². The van der Waals surface area contributed by atoms with E-state index in [-0.39, 0.29) is 18.2 Å². The fraction of sp³-hybridized carbons (Fsp3) is 0.600. The molecular weight excluding hydrogens is 274 g/mol. The molecule has 5 heteroatoms. The molecule has 1 heterocycles. The molecule has 1 spiro atoms. The molecule has 2 aliphatic rings. The predicted octanol–water partition coefficient (Wildman–Crippen LogP) is 2.06. The van der Waals surface area contributed by atoms with Crippen molar-refractivity contribution in [1.29, 1.82) is 0 Å². The van der Waals surface area contributed by atoms with Gasteiger partial charge < -0.3 is 5.11 Å². The monoisotopic (exact) mass is 295 g/mol. The number of rotatable bonds is 3. The first-order valence-electron chi connectivity index (χ1n) is 7.24. The molecule has 0 radical (unpaired) electrons. The molecule has 3 rings (SSSR count). The van der Waals surface area contributed by atoms with Crippen LogP contribution >= 0.6 is 0 Å². The number of benzene rings is 1. The van der Waals surface area contributed by atoms with E-state index in [4.69, 9.17) is 0 Å². The Balaban J connectivity index is 1.93. The minimum absolute atomic E-state index is 0.0783. The van der Waals surface area contributed by atoms with Gasteiger partial charge in [-0.1, -0.05) is 37.0 Å². The normalized spacial score (nSPS) is 28.5. The van der Waals surface area contributed by atoms with E-state index < -0.39 is 10.0 Å². The van der Waals surface area contributed by atoms with Crippen LogP contribution in [0, 0.1) is 6.92 Å². The van der Waals surface area contributed by atoms with E-state index in [1.54, 1.807) is 16.4 Å². The molecule has 1 N–H and O–H groups in total. The maximum atomic E-state index is 12.8. The summed E-state index contributed by atoms with van der Waals surface area (Å²) in [7, 11) is -3.48. The molecule has 1 saturated carbocycles. The van der Waals surface area contributed by atoms with Crippen molar-refractivity contribution >= 4 is 10.0 Å². The Hall–Kier alpha value is -0.910. The number of aliphatic hydroxyl groups is 1. The fourth-order valence-electron chi connectivity index (χ4n) is 3.60. The molecule has 1 aliphatic carbocycles. The lowest BCUT2D eigenvalue weighted by molar-refractivity contribution is 0.276. The van der Waals surface area contributed by atoms with E-state index in [0.29, 0.717) is 4.90 Å². The minimum atomic E-state index is -3.48. The second-order valence-electron chi connectivity index (χ2n) is 5.98. The maximum Gasteiger partial charge on any atom is 0.244 e. The van der Waals surface area contributed by atoms with Crippen molar-refractivity contribution in [3.63, 3.8) is 0 Å². The molecule has 1 aliphatic heterocycles. The first-order valence-corrected chi connectivity index (χ1v) is 8.68. The Kier molecular flexibility index (Phi) is 3.39. The average Bonchev–Trinajstić information content (AvgIpc) is 3.07. The van der Waals surface area contributed by atoms with Gasteiger partial charge in [-0.05, 0) is 31.9 Å². The molecule has 2 fully saturated rings. The summed E-state index contributed by atoms with van der Waals surface area (Å²) >= 11 is 0. The average molecular weight is 295 g/mol. The first kappa shape index (κ1) is 14.0. The van der Waals surface area contributed by atoms with Crippen molar-refractivity contribution in [3.8, 4) is 0 Å². The lowest BCUT2D eigenvalue weighted by Gasteiger charge is -2.22. The maximum absolute atomic E-state index is 12.8. The van der Waals surface area contributed by atoms with Crippen LogP contribution in [0.1, 0.15) is 37.7 Å². The van der Waals surface area contributed by atoms with Crippen molar-refractivity contribution in [1.82, 2.24) is 4.31 Å². The van der Waals surface area contributed by atoms with Crippen LogP contribution in [0.3, 0.4) is 0 Å². The lowest BCUT2D eigenvalue weighted by atomic mass is 9.86. The van der Waals surface area contributed by atoms with E-state index in [1.807, 2.05) is 19.1 Å². The van der Waals surface area contributed by atoms with Gasteiger partial charge in [0.1, 0.15) is 0 Å². The number of nitrogens with zero attached hydrogens (tertiary/aromatic N) is 1. The molecule has 20 heavy (non-hydrogen) atoms. The van der Waals surface area contributed by atoms with Gasteiger partial charge in [-0.25, -0.2) is 8.42 Å². The van der Waals surface area contributed by atoms with E-state index in [2.05, 4.69) is 0 Å². The highest BCUT2D eigenvalue weighted by molar-refractivity contribution is 7.89. The Morgan fingerprint density at radius 2 is 1.80 bits per heavy atom. The zero-order valence-corrected chi connectivity index (χ0v) is 12.6. The zero-order valence-electron chi connectivity index (χ0n) is 11.7. The van der Waals surface area contributed by atoms with Crippen molar-refractivity contribution in [2.45, 2.75) is 55.5 Å². The van der Waals surface area contributed by atoms with Gasteiger partial charge in [0.15, 0.2) is 0 Å². The van der Waals surface area contributed by atoms with E-state index >= 15 is 0 Å². The molecule has 1 aromatic carbocycles. The molecule has 2 atom stereocenters. The second-order valence-corrected chi connectivity index (χ2v) is 7.79. The summed E-state index contributed by atoms with van der Waals surface area (Å²) in [6.45, 7) is 1.86. The highest BCUT2D eigenvalue weighted by Crippen LogP contribution is 2.54. The third-order valence-corrected chi connectivity index (χ3v) is 6.75. The predicted molar refractivity (Wildman–Crippen MR) is 76.9 cm³/mol. The summed E-state index contributed by atoms with van der Waals surface area (Å²) < 4.78 is 27.1. The zero-order chi connectivity index (χ0) is 14.4. The molecule has 4 nitrogen and oxygen atoms in total. The van der Waals surface area contributed by atoms with Crippen molar-refractivity contribution in [2.75, 3.05) is 6.61 Å². The number of sulfonamides is 1. The summed E-state index contributed by atoms with van der Waals surface area (Å²) in [5, 5.41) is 9.54. The summed E-state index contributed by atoms with van der Waals surface area (Å²) in [6, 6.07) is 6.73. The van der Waals surface area contributed by atoms with Crippen LogP contribution in [0.2, 0.25) is 0 Å². The molecule has 110 valence electrons. The lowest BCUT2D eigenvalue weighted by Crippen LogP contribution is -2.26. The van der Waals surface area contributed by atoms with Crippen LogP contribution < -0.4 is 0 Å². The first-order chi connectivity index (χ1) is 9.52. The molecular formula is C15H21NO3S. The molecule has 0 bridgehead atoms. The Bertz CT molecular complexity index is 588. The third kappa shape index (κ3) is 2.00. The van der Waals surface area contributed by atoms with Gasteiger partial charge in [0.05, 0.1) is 23.1 Å². The third-order valence-electron chi connectivity index (χ3n) is 4.74. The SMILES string of the molecule is Cc1ccc(S(=O)(=O)N2[C@H](CO)C23CCCCC3)cc1. The second kappa shape index (κ2) is 4.83. The van der Waals surface area contributed by atoms with Crippen LogP contribution in [0.4, 0.5) is 0 Å². The fourth-order valence-corrected chi connectivity index (χ4v) is 5.64. The quantitative estimate of drug-likeness (QED) is 0.868.